The number of alkyl halides is 7. The van der Waals surface area contributed by atoms with Crippen LogP contribution in [0.15, 0.2) is 41.7 Å². The first-order chi connectivity index (χ1) is 13.6. The van der Waals surface area contributed by atoms with Gasteiger partial charge in [0.25, 0.3) is 5.60 Å². The molecule has 1 aliphatic rings. The van der Waals surface area contributed by atoms with E-state index in [9.17, 15) is 45.0 Å². The summed E-state index contributed by atoms with van der Waals surface area (Å²) >= 11 is 0. The zero-order valence-electron chi connectivity index (χ0n) is 15.4. The second-order valence-electron chi connectivity index (χ2n) is 7.08. The fraction of sp³-hybridized carbons (Fsp3) is 0.421. The molecule has 2 unspecified atom stereocenters. The first-order valence-electron chi connectivity index (χ1n) is 8.40. The minimum atomic E-state index is -6.61. The quantitative estimate of drug-likeness (QED) is 0.491. The van der Waals surface area contributed by atoms with E-state index >= 15 is 4.39 Å². The topological polar surface area (TPSA) is 37.3 Å². The molecule has 11 heteroatoms. The molecule has 0 amide bonds. The molecule has 166 valence electrons. The number of aldehydes is 1. The van der Waals surface area contributed by atoms with Crippen LogP contribution in [0.25, 0.3) is 5.57 Å². The largest absolute Gasteiger partial charge is 0.427 e. The molecule has 0 fully saturated rings. The predicted octanol–water partition coefficient (Wildman–Crippen LogP) is 5.48. The van der Waals surface area contributed by atoms with Crippen molar-refractivity contribution in [3.8, 4) is 0 Å². The van der Waals surface area contributed by atoms with Crippen LogP contribution < -0.4 is 0 Å². The Labute approximate surface area is 164 Å². The van der Waals surface area contributed by atoms with E-state index in [0.29, 0.717) is 0 Å². The monoisotopic (exact) mass is 446 g/mol. The highest BCUT2D eigenvalue weighted by Crippen LogP contribution is 2.59. The third kappa shape index (κ3) is 3.23. The van der Waals surface area contributed by atoms with E-state index < -0.39 is 76.2 Å². The summed E-state index contributed by atoms with van der Waals surface area (Å²) in [4.78, 5) is 11.5. The van der Waals surface area contributed by atoms with Gasteiger partial charge in [-0.05, 0) is 23.6 Å². The average Bonchev–Trinajstić information content (AvgIpc) is 2.60. The van der Waals surface area contributed by atoms with Gasteiger partial charge in [-0.3, -0.25) is 0 Å². The van der Waals surface area contributed by atoms with Crippen molar-refractivity contribution in [1.29, 1.82) is 0 Å². The maximum absolute atomic E-state index is 15.4. The van der Waals surface area contributed by atoms with Crippen LogP contribution in [0.5, 0.6) is 0 Å². The number of carbonyl (C=O) groups excluding carboxylic acids is 1. The Morgan fingerprint density at radius 2 is 1.53 bits per heavy atom. The lowest BCUT2D eigenvalue weighted by Gasteiger charge is -2.47. The lowest BCUT2D eigenvalue weighted by molar-refractivity contribution is -0.394. The Bertz CT molecular complexity index is 882. The normalized spacial score (nSPS) is 23.6. The summed E-state index contributed by atoms with van der Waals surface area (Å²) in [5, 5.41) is 9.73. The van der Waals surface area contributed by atoms with Crippen molar-refractivity contribution < 1.29 is 49.4 Å². The zero-order chi connectivity index (χ0) is 23.3. The Kier molecular flexibility index (Phi) is 5.94. The molecule has 0 aliphatic heterocycles. The molecular weight excluding hydrogens is 431 g/mol. The number of aliphatic hydroxyl groups is 1. The molecule has 0 aromatic heterocycles. The minimum Gasteiger partial charge on any atom is -0.373 e. The molecule has 0 bridgehead atoms. The van der Waals surface area contributed by atoms with Gasteiger partial charge in [-0.15, -0.1) is 0 Å². The third-order valence-electron chi connectivity index (χ3n) is 4.99. The summed E-state index contributed by atoms with van der Waals surface area (Å²) in [6, 6.07) is 4.13. The van der Waals surface area contributed by atoms with Crippen LogP contribution in [-0.2, 0) is 4.79 Å². The average molecular weight is 446 g/mol. The number of hydrogen-bond donors (Lipinski definition) is 1. The molecule has 0 heterocycles. The maximum Gasteiger partial charge on any atom is 0.427 e. The van der Waals surface area contributed by atoms with Gasteiger partial charge < -0.3 is 9.90 Å². The maximum atomic E-state index is 15.4. The standard InChI is InChI=1S/C19H15F9O2/c1-9(2)13-14(10-5-3-4-6-11(10)20)12(21)7-16(8-29,15(13)22)17(30,18(23,24)25)19(26,27)28/h3-9,15,30H,1-2H3. The van der Waals surface area contributed by atoms with Crippen LogP contribution in [0.1, 0.15) is 19.4 Å². The number of rotatable bonds is 4. The first-order valence-corrected chi connectivity index (χ1v) is 8.40. The Morgan fingerprint density at radius 1 is 1.03 bits per heavy atom. The zero-order valence-corrected chi connectivity index (χ0v) is 15.4. The van der Waals surface area contributed by atoms with Crippen molar-refractivity contribution in [3.63, 3.8) is 0 Å². The van der Waals surface area contributed by atoms with Crippen molar-refractivity contribution in [2.75, 3.05) is 0 Å². The second-order valence-corrected chi connectivity index (χ2v) is 7.08. The van der Waals surface area contributed by atoms with Crippen molar-refractivity contribution >= 4 is 11.9 Å². The summed E-state index contributed by atoms with van der Waals surface area (Å²) in [6.45, 7) is 2.22. The molecule has 2 nitrogen and oxygen atoms in total. The molecule has 0 spiro atoms. The van der Waals surface area contributed by atoms with E-state index in [0.717, 1.165) is 26.0 Å². The van der Waals surface area contributed by atoms with Gasteiger partial charge in [0, 0.05) is 11.1 Å². The molecule has 1 N–H and O–H groups in total. The van der Waals surface area contributed by atoms with Crippen LogP contribution >= 0.6 is 0 Å². The van der Waals surface area contributed by atoms with Gasteiger partial charge in [-0.1, -0.05) is 32.0 Å². The highest BCUT2D eigenvalue weighted by molar-refractivity contribution is 5.86. The number of allylic oxidation sites excluding steroid dienone is 3. The number of benzene rings is 1. The molecule has 2 rings (SSSR count). The van der Waals surface area contributed by atoms with Gasteiger partial charge >= 0.3 is 12.4 Å². The smallest absolute Gasteiger partial charge is 0.373 e. The van der Waals surface area contributed by atoms with Gasteiger partial charge in [-0.2, -0.15) is 26.3 Å². The molecule has 0 saturated heterocycles. The summed E-state index contributed by atoms with van der Waals surface area (Å²) in [5.41, 5.74) is -13.0. The van der Waals surface area contributed by atoms with E-state index in [-0.39, 0.29) is 0 Å². The summed E-state index contributed by atoms with van der Waals surface area (Å²) < 4.78 is 125. The van der Waals surface area contributed by atoms with Gasteiger partial charge in [-0.25, -0.2) is 13.2 Å². The third-order valence-corrected chi connectivity index (χ3v) is 4.99. The van der Waals surface area contributed by atoms with Gasteiger partial charge in [0.2, 0.25) is 0 Å². The lowest BCUT2D eigenvalue weighted by Crippen LogP contribution is -2.70. The van der Waals surface area contributed by atoms with E-state index in [4.69, 9.17) is 0 Å². The van der Waals surface area contributed by atoms with Crippen LogP contribution in [0.3, 0.4) is 0 Å². The minimum absolute atomic E-state index is 0.570. The lowest BCUT2D eigenvalue weighted by atomic mass is 9.61. The predicted molar refractivity (Wildman–Crippen MR) is 87.8 cm³/mol. The first kappa shape index (κ1) is 24.0. The molecule has 2 atom stereocenters. The van der Waals surface area contributed by atoms with Gasteiger partial charge in [0.05, 0.1) is 0 Å². The van der Waals surface area contributed by atoms with Gasteiger partial charge in [0.1, 0.15) is 29.5 Å². The number of carbonyl (C=O) groups is 1. The highest BCUT2D eigenvalue weighted by atomic mass is 19.4. The van der Waals surface area contributed by atoms with Crippen molar-refractivity contribution in [2.45, 2.75) is 38.0 Å². The Morgan fingerprint density at radius 3 is 1.93 bits per heavy atom. The van der Waals surface area contributed by atoms with Crippen LogP contribution in [0.2, 0.25) is 0 Å². The van der Waals surface area contributed by atoms with Crippen molar-refractivity contribution in [2.24, 2.45) is 11.3 Å². The highest BCUT2D eigenvalue weighted by Gasteiger charge is 2.82. The fourth-order valence-corrected chi connectivity index (χ4v) is 3.52. The molecule has 30 heavy (non-hydrogen) atoms. The van der Waals surface area contributed by atoms with E-state index in [1.54, 1.807) is 0 Å². The van der Waals surface area contributed by atoms with E-state index in [1.165, 1.54) is 12.1 Å². The summed E-state index contributed by atoms with van der Waals surface area (Å²) in [6.07, 6.45) is -18.4. The van der Waals surface area contributed by atoms with E-state index in [2.05, 4.69) is 0 Å². The van der Waals surface area contributed by atoms with Gasteiger partial charge in [0.15, 0.2) is 0 Å². The van der Waals surface area contributed by atoms with Crippen molar-refractivity contribution in [1.82, 2.24) is 0 Å². The molecule has 0 radical (unpaired) electrons. The Hall–Kier alpha value is -2.30. The van der Waals surface area contributed by atoms with E-state index in [1.807, 2.05) is 0 Å². The number of halogens is 9. The second kappa shape index (κ2) is 7.44. The summed E-state index contributed by atoms with van der Waals surface area (Å²) in [5.74, 6) is -4.29. The van der Waals surface area contributed by atoms with Crippen LogP contribution in [-0.4, -0.2) is 35.5 Å². The molecule has 1 aliphatic carbocycles. The van der Waals surface area contributed by atoms with Crippen LogP contribution in [0.4, 0.5) is 39.5 Å². The SMILES string of the molecule is CC(C)C1=C(c2ccccc2F)C(F)=CC(C=O)(C(O)(C(F)(F)F)C(F)(F)F)C1F. The van der Waals surface area contributed by atoms with Crippen molar-refractivity contribution in [3.05, 3.63) is 53.1 Å². The molecule has 1 aromatic carbocycles. The number of hydrogen-bond acceptors (Lipinski definition) is 2. The Balaban J connectivity index is 2.96. The molecular formula is C19H15F9O2. The summed E-state index contributed by atoms with van der Waals surface area (Å²) in [7, 11) is 0. The fourth-order valence-electron chi connectivity index (χ4n) is 3.52. The molecule has 0 saturated carbocycles. The van der Waals surface area contributed by atoms with Crippen LogP contribution in [0, 0.1) is 17.2 Å². The molecule has 1 aromatic rings.